The zero-order valence-corrected chi connectivity index (χ0v) is 21.1. The first kappa shape index (κ1) is 27.2. The van der Waals surface area contributed by atoms with Crippen LogP contribution in [0.5, 0.6) is 0 Å². The zero-order valence-electron chi connectivity index (χ0n) is 19.5. The van der Waals surface area contributed by atoms with Gasteiger partial charge in [-0.05, 0) is 31.4 Å². The van der Waals surface area contributed by atoms with Gasteiger partial charge in [-0.3, -0.25) is 4.57 Å². The third-order valence-corrected chi connectivity index (χ3v) is 8.20. The van der Waals surface area contributed by atoms with Crippen LogP contribution in [-0.2, 0) is 14.0 Å². The normalized spacial score (nSPS) is 26.6. The fraction of sp³-hybridized carbons (Fsp3) is 0.667. The van der Waals surface area contributed by atoms with E-state index >= 15 is 0 Å². The first-order valence-electron chi connectivity index (χ1n) is 11.5. The summed E-state index contributed by atoms with van der Waals surface area (Å²) in [6, 6.07) is 0.248. The highest BCUT2D eigenvalue weighted by Gasteiger charge is 2.51. The van der Waals surface area contributed by atoms with E-state index in [1.165, 1.54) is 17.8 Å². The summed E-state index contributed by atoms with van der Waals surface area (Å²) in [6.45, 7) is -0.0858. The van der Waals surface area contributed by atoms with Gasteiger partial charge in [0, 0.05) is 6.04 Å². The van der Waals surface area contributed by atoms with Crippen LogP contribution in [-0.4, -0.2) is 87.8 Å². The maximum atomic E-state index is 12.1. The first-order valence-corrected chi connectivity index (χ1v) is 13.5. The first-order chi connectivity index (χ1) is 17.1. The molecule has 2 aromatic heterocycles. The lowest BCUT2D eigenvalue weighted by molar-refractivity contribution is -0.108. The third kappa shape index (κ3) is 5.24. The Balaban J connectivity index is 1.56. The van der Waals surface area contributed by atoms with E-state index in [-0.39, 0.29) is 17.0 Å². The van der Waals surface area contributed by atoms with Crippen molar-refractivity contribution in [2.75, 3.05) is 18.5 Å². The molecule has 0 aromatic carbocycles. The van der Waals surface area contributed by atoms with Crippen molar-refractivity contribution < 1.29 is 39.1 Å². The summed E-state index contributed by atoms with van der Waals surface area (Å²) in [5.74, 6) is 5.51. The molecule has 4 rings (SSSR count). The molecule has 2 fully saturated rings. The Morgan fingerprint density at radius 2 is 2.03 bits per heavy atom. The van der Waals surface area contributed by atoms with Crippen molar-refractivity contribution in [3.63, 3.8) is 0 Å². The van der Waals surface area contributed by atoms with Crippen LogP contribution in [0.3, 0.4) is 0 Å². The van der Waals surface area contributed by atoms with Gasteiger partial charge >= 0.3 is 7.60 Å². The molecule has 0 bridgehead atoms. The van der Waals surface area contributed by atoms with Crippen LogP contribution in [0.15, 0.2) is 6.20 Å². The highest BCUT2D eigenvalue weighted by molar-refractivity contribution is 7.53. The molecule has 13 nitrogen and oxygen atoms in total. The Morgan fingerprint density at radius 1 is 1.31 bits per heavy atom. The second-order valence-electron chi connectivity index (χ2n) is 8.90. The molecule has 3 heterocycles. The second kappa shape index (κ2) is 10.9. The van der Waals surface area contributed by atoms with Crippen molar-refractivity contribution >= 4 is 36.0 Å². The van der Waals surface area contributed by atoms with Crippen LogP contribution in [0.2, 0.25) is 5.28 Å². The van der Waals surface area contributed by atoms with Gasteiger partial charge in [0.05, 0.1) is 31.2 Å². The summed E-state index contributed by atoms with van der Waals surface area (Å²) < 4.78 is 24.5. The Morgan fingerprint density at radius 3 is 2.67 bits per heavy atom. The highest BCUT2D eigenvalue weighted by Crippen LogP contribution is 2.53. The molecule has 6 N–H and O–H groups in total. The number of hydrogen-bond acceptors (Lipinski definition) is 10. The number of aromatic nitrogens is 4. The zero-order chi connectivity index (χ0) is 26.1. The van der Waals surface area contributed by atoms with Gasteiger partial charge in [-0.2, -0.15) is 15.1 Å². The number of rotatable bonds is 9. The van der Waals surface area contributed by atoms with Crippen LogP contribution < -0.4 is 5.32 Å². The maximum absolute atomic E-state index is 12.1. The lowest BCUT2D eigenvalue weighted by Crippen LogP contribution is -2.41. The van der Waals surface area contributed by atoms with Crippen molar-refractivity contribution in [1.29, 1.82) is 0 Å². The molecule has 0 amide bonds. The molecule has 36 heavy (non-hydrogen) atoms. The molecule has 1 saturated heterocycles. The average Bonchev–Trinajstić information content (AvgIpc) is 3.55. The Hall–Kier alpha value is -1.85. The van der Waals surface area contributed by atoms with Crippen molar-refractivity contribution in [2.45, 2.75) is 75.0 Å². The van der Waals surface area contributed by atoms with Crippen LogP contribution in [0.25, 0.3) is 11.0 Å². The second-order valence-corrected chi connectivity index (χ2v) is 11.1. The molecule has 5 atom stereocenters. The number of fused-ring (bicyclic) bond motifs is 1. The number of hydrogen-bond donors (Lipinski definition) is 6. The summed E-state index contributed by atoms with van der Waals surface area (Å²) in [6.07, 6.45) is -0.0795. The minimum Gasteiger partial charge on any atom is -0.393 e. The van der Waals surface area contributed by atoms with E-state index in [1.807, 2.05) is 0 Å². The van der Waals surface area contributed by atoms with E-state index in [9.17, 15) is 29.7 Å². The van der Waals surface area contributed by atoms with Gasteiger partial charge in [-0.15, -0.1) is 5.92 Å². The number of nitrogens with one attached hydrogen (secondary N) is 1. The summed E-state index contributed by atoms with van der Waals surface area (Å²) in [7, 11) is -4.98. The van der Waals surface area contributed by atoms with Crippen molar-refractivity contribution in [2.24, 2.45) is 0 Å². The lowest BCUT2D eigenvalue weighted by Gasteiger charge is -2.32. The van der Waals surface area contributed by atoms with Gasteiger partial charge < -0.3 is 39.9 Å². The summed E-state index contributed by atoms with van der Waals surface area (Å²) in [4.78, 5) is 28.1. The molecule has 198 valence electrons. The number of halogens is 1. The fourth-order valence-electron chi connectivity index (χ4n) is 4.42. The minimum atomic E-state index is -4.98. The molecular weight excluding hydrogens is 517 g/mol. The number of ether oxygens (including phenoxy) is 2. The van der Waals surface area contributed by atoms with Gasteiger partial charge in [0.2, 0.25) is 10.6 Å². The summed E-state index contributed by atoms with van der Waals surface area (Å²) in [5.41, 5.74) is 0.270. The fourth-order valence-corrected chi connectivity index (χ4v) is 5.30. The standard InChI is InChI=1S/C21H29ClN5O8P/c1-2-3-8-21(11-28,36(31,32)33)34-10-14-15(29)16(30)19(35-14)27-18-13(9-23-27)17(25-20(22)26-18)24-12-6-4-5-7-12/h9,12,14-16,19,28-30H,4-8,10-11H2,1H3,(H,24,25,26)(H2,31,32,33)/t14-,15-,16-,19-,21+/m1/s1. The van der Waals surface area contributed by atoms with Crippen molar-refractivity contribution in [1.82, 2.24) is 19.7 Å². The topological polar surface area (TPSA) is 192 Å². The smallest absolute Gasteiger partial charge is 0.360 e. The molecule has 2 aromatic rings. The Bertz CT molecular complexity index is 1190. The number of nitrogens with zero attached hydrogens (tertiary/aromatic N) is 4. The van der Waals surface area contributed by atoms with Crippen LogP contribution in [0.1, 0.15) is 45.3 Å². The Kier molecular flexibility index (Phi) is 8.21. The van der Waals surface area contributed by atoms with Gasteiger partial charge in [-0.1, -0.05) is 18.8 Å². The van der Waals surface area contributed by atoms with Crippen molar-refractivity contribution in [3.8, 4) is 11.8 Å². The molecular formula is C21H29ClN5O8P. The van der Waals surface area contributed by atoms with E-state index < -0.39 is 57.1 Å². The largest absolute Gasteiger partial charge is 0.393 e. The minimum absolute atomic E-state index is 0.0379. The van der Waals surface area contributed by atoms with Crippen molar-refractivity contribution in [3.05, 3.63) is 11.5 Å². The molecule has 2 aliphatic rings. The van der Waals surface area contributed by atoms with Crippen LogP contribution in [0.4, 0.5) is 5.82 Å². The van der Waals surface area contributed by atoms with Gasteiger partial charge in [0.25, 0.3) is 0 Å². The molecule has 1 saturated carbocycles. The molecule has 1 aliphatic heterocycles. The number of anilines is 1. The van der Waals surface area contributed by atoms with E-state index in [0.717, 1.165) is 25.7 Å². The maximum Gasteiger partial charge on any atom is 0.360 e. The molecule has 1 aliphatic carbocycles. The lowest BCUT2D eigenvalue weighted by atomic mass is 10.1. The molecule has 0 spiro atoms. The van der Waals surface area contributed by atoms with E-state index in [2.05, 4.69) is 32.2 Å². The monoisotopic (exact) mass is 545 g/mol. The van der Waals surface area contributed by atoms with Gasteiger partial charge in [0.15, 0.2) is 11.9 Å². The third-order valence-electron chi connectivity index (χ3n) is 6.54. The van der Waals surface area contributed by atoms with Gasteiger partial charge in [0.1, 0.15) is 24.1 Å². The van der Waals surface area contributed by atoms with Crippen LogP contribution >= 0.6 is 19.2 Å². The number of aliphatic hydroxyl groups excluding tert-OH is 3. The Labute approximate surface area is 212 Å². The molecule has 15 heteroatoms. The SMILES string of the molecule is CC#CC[C@](CO)(OC[C@H]1O[C@@H](n2ncc3c(NC4CCCC4)nc(Cl)nc32)[C@H](O)[C@@H]1O)P(=O)(O)O. The van der Waals surface area contributed by atoms with Crippen LogP contribution in [0, 0.1) is 11.8 Å². The number of aliphatic hydroxyl groups is 3. The van der Waals surface area contributed by atoms with Gasteiger partial charge in [-0.25, -0.2) is 4.68 Å². The predicted octanol–water partition coefficient (Wildman–Crippen LogP) is 0.750. The molecule has 0 radical (unpaired) electrons. The van der Waals surface area contributed by atoms with E-state index in [0.29, 0.717) is 11.2 Å². The quantitative estimate of drug-likeness (QED) is 0.147. The molecule has 0 unspecified atom stereocenters. The average molecular weight is 546 g/mol. The summed E-state index contributed by atoms with van der Waals surface area (Å²) >= 11 is 6.15. The summed E-state index contributed by atoms with van der Waals surface area (Å²) in [5, 5.41) is 36.9. The van der Waals surface area contributed by atoms with E-state index in [4.69, 9.17) is 21.1 Å². The highest BCUT2D eigenvalue weighted by atomic mass is 35.5. The predicted molar refractivity (Wildman–Crippen MR) is 128 cm³/mol. The van der Waals surface area contributed by atoms with E-state index in [1.54, 1.807) is 0 Å².